The first-order valence-corrected chi connectivity index (χ1v) is 11.2. The Morgan fingerprint density at radius 1 is 1.03 bits per heavy atom. The van der Waals surface area contributed by atoms with Gasteiger partial charge in [-0.1, -0.05) is 38.1 Å². The van der Waals surface area contributed by atoms with E-state index in [9.17, 15) is 19.7 Å². The summed E-state index contributed by atoms with van der Waals surface area (Å²) in [6, 6.07) is 14.1. The third-order valence-corrected chi connectivity index (χ3v) is 6.02. The van der Waals surface area contributed by atoms with Crippen molar-refractivity contribution in [1.29, 1.82) is 0 Å². The highest BCUT2D eigenvalue weighted by Crippen LogP contribution is 2.25. The number of nitrogens with one attached hydrogen (secondary N) is 1. The number of nitro groups is 1. The lowest BCUT2D eigenvalue weighted by atomic mass is 9.92. The van der Waals surface area contributed by atoms with Gasteiger partial charge in [0.15, 0.2) is 0 Å². The molecule has 1 fully saturated rings. The molecule has 0 aliphatic carbocycles. The van der Waals surface area contributed by atoms with Gasteiger partial charge in [0.1, 0.15) is 0 Å². The van der Waals surface area contributed by atoms with Gasteiger partial charge in [0.05, 0.1) is 10.8 Å². The van der Waals surface area contributed by atoms with Crippen LogP contribution in [0.1, 0.15) is 50.7 Å². The summed E-state index contributed by atoms with van der Waals surface area (Å²) in [4.78, 5) is 37.7. The fourth-order valence-electron chi connectivity index (χ4n) is 4.10. The van der Waals surface area contributed by atoms with Crippen molar-refractivity contribution in [3.8, 4) is 0 Å². The molecule has 0 saturated carbocycles. The molecule has 1 atom stereocenters. The Morgan fingerprint density at radius 2 is 1.62 bits per heavy atom. The van der Waals surface area contributed by atoms with Gasteiger partial charge in [0.25, 0.3) is 5.69 Å². The second-order valence-corrected chi connectivity index (χ2v) is 8.95. The third kappa shape index (κ3) is 5.93. The van der Waals surface area contributed by atoms with Crippen LogP contribution in [0.15, 0.2) is 48.5 Å². The van der Waals surface area contributed by atoms with Gasteiger partial charge < -0.3 is 10.2 Å². The van der Waals surface area contributed by atoms with Crippen molar-refractivity contribution in [2.24, 2.45) is 11.8 Å². The minimum absolute atomic E-state index is 0.0153. The number of nitrogens with zero attached hydrogens (tertiary/aromatic N) is 2. The highest BCUT2D eigenvalue weighted by Gasteiger charge is 2.30. The van der Waals surface area contributed by atoms with E-state index in [-0.39, 0.29) is 29.3 Å². The molecule has 0 radical (unpaired) electrons. The zero-order valence-corrected chi connectivity index (χ0v) is 18.9. The molecule has 1 saturated heterocycles. The van der Waals surface area contributed by atoms with E-state index < -0.39 is 4.92 Å². The lowest BCUT2D eigenvalue weighted by Gasteiger charge is -2.33. The summed E-state index contributed by atoms with van der Waals surface area (Å²) in [6.45, 7) is 7.42. The Hall–Kier alpha value is -3.22. The summed E-state index contributed by atoms with van der Waals surface area (Å²) in [6.07, 6.45) is 2.23. The molecule has 1 heterocycles. The summed E-state index contributed by atoms with van der Waals surface area (Å²) in [7, 11) is 0. The Labute approximate surface area is 189 Å². The molecule has 0 aromatic heterocycles. The summed E-state index contributed by atoms with van der Waals surface area (Å²) in [5.41, 5.74) is 2.82. The zero-order chi connectivity index (χ0) is 23.3. The predicted octanol–water partition coefficient (Wildman–Crippen LogP) is 4.77. The molecule has 1 aliphatic heterocycles. The van der Waals surface area contributed by atoms with Crippen LogP contribution in [-0.2, 0) is 16.0 Å². The molecule has 170 valence electrons. The van der Waals surface area contributed by atoms with Gasteiger partial charge in [0, 0.05) is 36.8 Å². The van der Waals surface area contributed by atoms with Crippen LogP contribution in [0.5, 0.6) is 0 Å². The lowest BCUT2D eigenvalue weighted by Crippen LogP contribution is -2.43. The monoisotopic (exact) mass is 437 g/mol. The van der Waals surface area contributed by atoms with Crippen molar-refractivity contribution < 1.29 is 14.5 Å². The van der Waals surface area contributed by atoms with E-state index >= 15 is 0 Å². The van der Waals surface area contributed by atoms with Crippen LogP contribution >= 0.6 is 0 Å². The van der Waals surface area contributed by atoms with Gasteiger partial charge in [-0.15, -0.1) is 0 Å². The molecule has 2 aromatic carbocycles. The Kier molecular flexibility index (Phi) is 7.62. The van der Waals surface area contributed by atoms with Gasteiger partial charge in [0.2, 0.25) is 11.8 Å². The van der Waals surface area contributed by atoms with Crippen LogP contribution in [0.2, 0.25) is 0 Å². The van der Waals surface area contributed by atoms with Crippen LogP contribution in [0, 0.1) is 22.0 Å². The summed E-state index contributed by atoms with van der Waals surface area (Å²) in [5, 5.41) is 13.6. The molecule has 1 N–H and O–H groups in total. The van der Waals surface area contributed by atoms with Crippen LogP contribution in [0.3, 0.4) is 0 Å². The van der Waals surface area contributed by atoms with Crippen molar-refractivity contribution in [3.63, 3.8) is 0 Å². The third-order valence-electron chi connectivity index (χ3n) is 6.02. The molecule has 1 aliphatic rings. The first-order valence-electron chi connectivity index (χ1n) is 11.2. The summed E-state index contributed by atoms with van der Waals surface area (Å²) >= 11 is 0. The molecule has 1 unspecified atom stereocenters. The first kappa shape index (κ1) is 23.4. The van der Waals surface area contributed by atoms with E-state index in [1.807, 2.05) is 24.0 Å². The zero-order valence-electron chi connectivity index (χ0n) is 18.9. The summed E-state index contributed by atoms with van der Waals surface area (Å²) < 4.78 is 0. The number of benzene rings is 2. The van der Waals surface area contributed by atoms with Crippen LogP contribution in [0.25, 0.3) is 0 Å². The highest BCUT2D eigenvalue weighted by molar-refractivity contribution is 5.93. The minimum Gasteiger partial charge on any atom is -0.342 e. The number of hydrogen-bond donors (Lipinski definition) is 1. The number of rotatable bonds is 7. The quantitative estimate of drug-likeness (QED) is 0.499. The van der Waals surface area contributed by atoms with Gasteiger partial charge in [-0.05, 0) is 55.4 Å². The van der Waals surface area contributed by atoms with Crippen LogP contribution in [-0.4, -0.2) is 34.7 Å². The molecule has 2 amide bonds. The maximum Gasteiger partial charge on any atom is 0.269 e. The second-order valence-electron chi connectivity index (χ2n) is 8.95. The number of carbonyl (C=O) groups excluding carboxylic acids is 2. The number of carbonyl (C=O) groups is 2. The van der Waals surface area contributed by atoms with E-state index in [1.54, 1.807) is 0 Å². The van der Waals surface area contributed by atoms with E-state index in [1.165, 1.54) is 29.8 Å². The van der Waals surface area contributed by atoms with E-state index in [0.717, 1.165) is 12.0 Å². The largest absolute Gasteiger partial charge is 0.342 e. The number of non-ortho nitro benzene ring substituents is 1. The number of amides is 2. The van der Waals surface area contributed by atoms with Crippen molar-refractivity contribution in [3.05, 3.63) is 69.8 Å². The second kappa shape index (κ2) is 10.4. The minimum atomic E-state index is -0.473. The predicted molar refractivity (Wildman–Crippen MR) is 124 cm³/mol. The van der Waals surface area contributed by atoms with Crippen molar-refractivity contribution in [2.45, 2.75) is 46.0 Å². The van der Waals surface area contributed by atoms with Gasteiger partial charge in [-0.25, -0.2) is 0 Å². The molecule has 7 heteroatoms. The van der Waals surface area contributed by atoms with Gasteiger partial charge in [-0.2, -0.15) is 0 Å². The van der Waals surface area contributed by atoms with Crippen LogP contribution in [0.4, 0.5) is 11.4 Å². The van der Waals surface area contributed by atoms with Crippen molar-refractivity contribution in [1.82, 2.24) is 4.90 Å². The standard InChI is InChI=1S/C25H31N3O4/c1-17(2)16-19-4-6-20(7-5-19)18(3)25(30)27-14-12-21(13-15-27)24(29)26-22-8-10-23(11-9-22)28(31)32/h4-11,17-18,21H,12-16H2,1-3H3,(H,26,29). The van der Waals surface area contributed by atoms with Gasteiger partial charge in [-0.3, -0.25) is 19.7 Å². The number of anilines is 1. The topological polar surface area (TPSA) is 92.6 Å². The Balaban J connectivity index is 1.51. The first-order chi connectivity index (χ1) is 15.2. The lowest BCUT2D eigenvalue weighted by molar-refractivity contribution is -0.384. The number of piperidine rings is 1. The normalized spacial score (nSPS) is 15.4. The Bertz CT molecular complexity index is 946. The maximum absolute atomic E-state index is 13.0. The van der Waals surface area contributed by atoms with E-state index in [4.69, 9.17) is 0 Å². The van der Waals surface area contributed by atoms with Crippen LogP contribution < -0.4 is 5.32 Å². The van der Waals surface area contributed by atoms with Crippen molar-refractivity contribution >= 4 is 23.2 Å². The SMILES string of the molecule is CC(C)Cc1ccc(C(C)C(=O)N2CCC(C(=O)Nc3ccc([N+](=O)[O-])cc3)CC2)cc1. The molecular weight excluding hydrogens is 406 g/mol. The van der Waals surface area contributed by atoms with Crippen molar-refractivity contribution in [2.75, 3.05) is 18.4 Å². The average molecular weight is 438 g/mol. The smallest absolute Gasteiger partial charge is 0.269 e. The molecule has 32 heavy (non-hydrogen) atoms. The fraction of sp³-hybridized carbons (Fsp3) is 0.440. The average Bonchev–Trinajstić information content (AvgIpc) is 2.78. The molecule has 2 aromatic rings. The molecule has 7 nitrogen and oxygen atoms in total. The molecule has 0 spiro atoms. The molecule has 0 bridgehead atoms. The van der Waals surface area contributed by atoms with E-state index in [2.05, 4.69) is 31.3 Å². The fourth-order valence-corrected chi connectivity index (χ4v) is 4.10. The summed E-state index contributed by atoms with van der Waals surface area (Å²) in [5.74, 6) is 0.183. The molecule has 3 rings (SSSR count). The Morgan fingerprint density at radius 3 is 2.16 bits per heavy atom. The highest BCUT2D eigenvalue weighted by atomic mass is 16.6. The maximum atomic E-state index is 13.0. The number of likely N-dealkylation sites (tertiary alicyclic amines) is 1. The molecular formula is C25H31N3O4. The number of hydrogen-bond acceptors (Lipinski definition) is 4. The van der Waals surface area contributed by atoms with E-state index in [0.29, 0.717) is 37.5 Å². The number of nitro benzene ring substituents is 1. The van der Waals surface area contributed by atoms with Gasteiger partial charge >= 0.3 is 0 Å².